The highest BCUT2D eigenvalue weighted by atomic mass is 19.4. The van der Waals surface area contributed by atoms with Gasteiger partial charge in [-0.25, -0.2) is 0 Å². The molecular formula is C29H37F3N4O4. The molecule has 2 aliphatic heterocycles. The number of carbonyl (C=O) groups is 2. The summed E-state index contributed by atoms with van der Waals surface area (Å²) in [5.74, 6) is 0.108. The number of hydrogen-bond donors (Lipinski definition) is 1. The van der Waals surface area contributed by atoms with Crippen LogP contribution in [-0.4, -0.2) is 65.9 Å². The molecule has 3 heterocycles. The lowest BCUT2D eigenvalue weighted by molar-refractivity contribution is -0.143. The van der Waals surface area contributed by atoms with Gasteiger partial charge < -0.3 is 19.7 Å². The summed E-state index contributed by atoms with van der Waals surface area (Å²) in [6.07, 6.45) is 1.98. The predicted molar refractivity (Wildman–Crippen MR) is 141 cm³/mol. The lowest BCUT2D eigenvalue weighted by atomic mass is 9.75. The fraction of sp³-hybridized carbons (Fsp3) is 0.621. The Hall–Kier alpha value is -3.08. The maximum atomic E-state index is 13.6. The van der Waals surface area contributed by atoms with Gasteiger partial charge in [0.2, 0.25) is 5.91 Å². The zero-order valence-corrected chi connectivity index (χ0v) is 22.7. The van der Waals surface area contributed by atoms with Gasteiger partial charge in [0.1, 0.15) is 12.3 Å². The Balaban J connectivity index is 1.27. The fourth-order valence-electron chi connectivity index (χ4n) is 6.10. The Morgan fingerprint density at radius 1 is 1.02 bits per heavy atom. The average Bonchev–Trinajstić information content (AvgIpc) is 3.32. The second-order valence-electron chi connectivity index (χ2n) is 11.1. The Morgan fingerprint density at radius 3 is 2.60 bits per heavy atom. The Kier molecular flexibility index (Phi) is 8.68. The van der Waals surface area contributed by atoms with Gasteiger partial charge >= 0.3 is 6.18 Å². The van der Waals surface area contributed by atoms with Gasteiger partial charge in [-0.2, -0.15) is 18.3 Å². The first kappa shape index (κ1) is 28.4. The standard InChI is InChI=1S/C29H37F3N4O4/c30-29(31,32)26-21-7-1-3-9-23(21)36(34-26)19-25(37)35-15-12-28(13-16-35)11-5-6-17-39-18-14-33-27(38)22-8-2-4-10-24(22)40-20-28/h2,4,8,10H,1,3,5-7,9,11-20H2,(H,33,38). The van der Waals surface area contributed by atoms with Crippen LogP contribution in [0, 0.1) is 5.41 Å². The van der Waals surface area contributed by atoms with E-state index in [4.69, 9.17) is 9.47 Å². The third-order valence-corrected chi connectivity index (χ3v) is 8.43. The van der Waals surface area contributed by atoms with Crippen LogP contribution >= 0.6 is 0 Å². The van der Waals surface area contributed by atoms with Crippen molar-refractivity contribution in [1.29, 1.82) is 0 Å². The molecule has 0 radical (unpaired) electrons. The number of alkyl halides is 3. The van der Waals surface area contributed by atoms with Crippen LogP contribution in [-0.2, 0) is 35.1 Å². The van der Waals surface area contributed by atoms with Crippen molar-refractivity contribution in [2.24, 2.45) is 5.41 Å². The van der Waals surface area contributed by atoms with Gasteiger partial charge in [-0.05, 0) is 63.5 Å². The number of para-hydroxylation sites is 1. The van der Waals surface area contributed by atoms with Crippen LogP contribution in [0.4, 0.5) is 13.2 Å². The number of piperidine rings is 1. The van der Waals surface area contributed by atoms with E-state index in [0.717, 1.165) is 25.7 Å². The molecule has 5 rings (SSSR count). The number of carbonyl (C=O) groups excluding carboxylic acids is 2. The zero-order valence-electron chi connectivity index (χ0n) is 22.7. The minimum absolute atomic E-state index is 0.179. The van der Waals surface area contributed by atoms with E-state index < -0.39 is 11.9 Å². The smallest absolute Gasteiger partial charge is 0.435 e. The lowest BCUT2D eigenvalue weighted by Gasteiger charge is -2.42. The number of amides is 2. The highest BCUT2D eigenvalue weighted by Gasteiger charge is 2.41. The molecule has 2 aromatic rings. The Labute approximate surface area is 232 Å². The van der Waals surface area contributed by atoms with Crippen molar-refractivity contribution in [1.82, 2.24) is 20.0 Å². The van der Waals surface area contributed by atoms with Crippen LogP contribution in [0.3, 0.4) is 0 Å². The molecule has 0 atom stereocenters. The topological polar surface area (TPSA) is 85.7 Å². The molecule has 11 heteroatoms. The van der Waals surface area contributed by atoms with Gasteiger partial charge in [0.05, 0.1) is 18.8 Å². The normalized spacial score (nSPS) is 20.6. The van der Waals surface area contributed by atoms with Crippen molar-refractivity contribution in [3.63, 3.8) is 0 Å². The van der Waals surface area contributed by atoms with E-state index in [1.807, 2.05) is 6.07 Å². The highest BCUT2D eigenvalue weighted by Crippen LogP contribution is 2.39. The summed E-state index contributed by atoms with van der Waals surface area (Å²) >= 11 is 0. The van der Waals surface area contributed by atoms with Crippen molar-refractivity contribution < 1.29 is 32.2 Å². The lowest BCUT2D eigenvalue weighted by Crippen LogP contribution is -2.46. The van der Waals surface area contributed by atoms with E-state index >= 15 is 0 Å². The number of rotatable bonds is 2. The summed E-state index contributed by atoms with van der Waals surface area (Å²) < 4.78 is 54.0. The quantitative estimate of drug-likeness (QED) is 0.587. The highest BCUT2D eigenvalue weighted by molar-refractivity contribution is 5.96. The summed E-state index contributed by atoms with van der Waals surface area (Å²) in [5.41, 5.74) is 0.243. The van der Waals surface area contributed by atoms with Gasteiger partial charge in [0.25, 0.3) is 5.91 Å². The second-order valence-corrected chi connectivity index (χ2v) is 11.1. The molecule has 218 valence electrons. The van der Waals surface area contributed by atoms with E-state index in [9.17, 15) is 22.8 Å². The van der Waals surface area contributed by atoms with Crippen molar-refractivity contribution in [3.8, 4) is 5.75 Å². The Morgan fingerprint density at radius 2 is 1.80 bits per heavy atom. The van der Waals surface area contributed by atoms with Gasteiger partial charge in [-0.15, -0.1) is 0 Å². The first-order valence-electron chi connectivity index (χ1n) is 14.3. The van der Waals surface area contributed by atoms with E-state index in [1.54, 1.807) is 23.1 Å². The molecule has 3 aliphatic rings. The van der Waals surface area contributed by atoms with E-state index in [0.29, 0.717) is 88.6 Å². The maximum Gasteiger partial charge on any atom is 0.435 e. The molecule has 1 aromatic heterocycles. The molecule has 1 N–H and O–H groups in total. The van der Waals surface area contributed by atoms with Crippen LogP contribution in [0.25, 0.3) is 0 Å². The van der Waals surface area contributed by atoms with Crippen LogP contribution < -0.4 is 10.1 Å². The van der Waals surface area contributed by atoms with Crippen molar-refractivity contribution in [2.45, 2.75) is 70.5 Å². The Bertz CT molecular complexity index is 1200. The van der Waals surface area contributed by atoms with Crippen LogP contribution in [0.2, 0.25) is 0 Å². The minimum atomic E-state index is -4.52. The second kappa shape index (κ2) is 12.2. The summed E-state index contributed by atoms with van der Waals surface area (Å²) in [4.78, 5) is 27.7. The molecule has 0 unspecified atom stereocenters. The monoisotopic (exact) mass is 562 g/mol. The number of hydrogen-bond acceptors (Lipinski definition) is 5. The number of aromatic nitrogens is 2. The van der Waals surface area contributed by atoms with Gasteiger partial charge in [0.15, 0.2) is 5.69 Å². The molecule has 40 heavy (non-hydrogen) atoms. The predicted octanol–water partition coefficient (Wildman–Crippen LogP) is 4.40. The van der Waals surface area contributed by atoms with Gasteiger partial charge in [-0.1, -0.05) is 18.6 Å². The zero-order chi connectivity index (χ0) is 28.2. The van der Waals surface area contributed by atoms with Gasteiger partial charge in [0, 0.05) is 42.9 Å². The molecule has 2 amide bonds. The van der Waals surface area contributed by atoms with E-state index in [2.05, 4.69) is 10.4 Å². The molecular weight excluding hydrogens is 525 g/mol. The minimum Gasteiger partial charge on any atom is -0.492 e. The molecule has 1 fully saturated rings. The number of likely N-dealkylation sites (tertiary alicyclic amines) is 1. The van der Waals surface area contributed by atoms with Crippen molar-refractivity contribution in [2.75, 3.05) is 39.5 Å². The SMILES string of the molecule is O=C1NCCOCCCCC2(CCN(C(=O)Cn3nc(C(F)(F)F)c4c3CCCC4)CC2)COc2ccccc21. The van der Waals surface area contributed by atoms with Gasteiger partial charge in [-0.3, -0.25) is 14.3 Å². The summed E-state index contributed by atoms with van der Waals surface area (Å²) in [7, 11) is 0. The van der Waals surface area contributed by atoms with E-state index in [1.165, 1.54) is 4.68 Å². The maximum absolute atomic E-state index is 13.6. The van der Waals surface area contributed by atoms with Crippen LogP contribution in [0.15, 0.2) is 24.3 Å². The largest absolute Gasteiger partial charge is 0.492 e. The number of benzene rings is 1. The number of ether oxygens (including phenoxy) is 2. The summed E-state index contributed by atoms with van der Waals surface area (Å²) in [6.45, 7) is 2.72. The number of nitrogens with one attached hydrogen (secondary N) is 1. The van der Waals surface area contributed by atoms with Crippen molar-refractivity contribution >= 4 is 11.8 Å². The molecule has 0 bridgehead atoms. The third kappa shape index (κ3) is 6.45. The number of nitrogens with zero attached hydrogens (tertiary/aromatic N) is 3. The molecule has 8 nitrogen and oxygen atoms in total. The van der Waals surface area contributed by atoms with Crippen LogP contribution in [0.5, 0.6) is 5.75 Å². The molecule has 1 saturated heterocycles. The molecule has 0 saturated carbocycles. The first-order valence-corrected chi connectivity index (χ1v) is 14.3. The van der Waals surface area contributed by atoms with Crippen molar-refractivity contribution in [3.05, 3.63) is 46.8 Å². The summed E-state index contributed by atoms with van der Waals surface area (Å²) in [6, 6.07) is 7.17. The first-order chi connectivity index (χ1) is 19.3. The van der Waals surface area contributed by atoms with Crippen LogP contribution in [0.1, 0.15) is 72.3 Å². The molecule has 1 spiro atoms. The van der Waals surface area contributed by atoms with E-state index in [-0.39, 0.29) is 29.3 Å². The molecule has 1 aromatic carbocycles. The average molecular weight is 563 g/mol. The fourth-order valence-corrected chi connectivity index (χ4v) is 6.10. The third-order valence-electron chi connectivity index (χ3n) is 8.43. The summed E-state index contributed by atoms with van der Waals surface area (Å²) in [5, 5.41) is 6.73. The molecule has 1 aliphatic carbocycles. The number of fused-ring (bicyclic) bond motifs is 2. The number of halogens is 3.